The lowest BCUT2D eigenvalue weighted by atomic mass is 9.88. The van der Waals surface area contributed by atoms with Gasteiger partial charge in [0, 0.05) is 22.7 Å². The first-order chi connectivity index (χ1) is 12.8. The van der Waals surface area contributed by atoms with Crippen LogP contribution in [0.4, 0.5) is 5.69 Å². The minimum atomic E-state index is -1.96. The molecule has 1 atom stereocenters. The second-order valence-electron chi connectivity index (χ2n) is 6.24. The van der Waals surface area contributed by atoms with Gasteiger partial charge in [-0.15, -0.1) is 0 Å². The van der Waals surface area contributed by atoms with Gasteiger partial charge >= 0.3 is 0 Å². The molecule has 0 saturated carbocycles. The molecule has 6 nitrogen and oxygen atoms in total. The molecule has 0 aliphatic carbocycles. The number of ketones is 1. The fourth-order valence-electron chi connectivity index (χ4n) is 3.35. The summed E-state index contributed by atoms with van der Waals surface area (Å²) < 4.78 is 10.4. The standard InChI is InChI=1S/C20H20ClNO5/c1-4-22-15-7-6-13(21)10-14(15)20(25,19(22)24)11-16(23)12-5-8-17(26-2)18(9-12)27-3/h5-10,25H,4,11H2,1-3H3. The molecule has 0 radical (unpaired) electrons. The minimum Gasteiger partial charge on any atom is -0.493 e. The molecule has 1 heterocycles. The summed E-state index contributed by atoms with van der Waals surface area (Å²) in [6.07, 6.45) is -0.398. The zero-order valence-corrected chi connectivity index (χ0v) is 16.0. The fourth-order valence-corrected chi connectivity index (χ4v) is 3.52. The number of halogens is 1. The van der Waals surface area contributed by atoms with Gasteiger partial charge in [0.05, 0.1) is 26.3 Å². The van der Waals surface area contributed by atoms with E-state index in [0.29, 0.717) is 39.9 Å². The molecule has 142 valence electrons. The van der Waals surface area contributed by atoms with Crippen LogP contribution in [0.1, 0.15) is 29.3 Å². The topological polar surface area (TPSA) is 76.1 Å². The molecule has 0 fully saturated rings. The average Bonchev–Trinajstić information content (AvgIpc) is 2.87. The Bertz CT molecular complexity index is 913. The van der Waals surface area contributed by atoms with E-state index in [9.17, 15) is 14.7 Å². The molecule has 1 amide bonds. The van der Waals surface area contributed by atoms with Crippen LogP contribution >= 0.6 is 11.6 Å². The molecule has 1 aliphatic heterocycles. The van der Waals surface area contributed by atoms with Gasteiger partial charge in [-0.1, -0.05) is 11.6 Å². The van der Waals surface area contributed by atoms with Gasteiger partial charge in [-0.2, -0.15) is 0 Å². The lowest BCUT2D eigenvalue weighted by molar-refractivity contribution is -0.135. The summed E-state index contributed by atoms with van der Waals surface area (Å²) in [5.74, 6) is -0.0440. The Kier molecular flexibility index (Phi) is 5.13. The summed E-state index contributed by atoms with van der Waals surface area (Å²) >= 11 is 6.06. The van der Waals surface area contributed by atoms with Crippen molar-refractivity contribution in [3.05, 3.63) is 52.5 Å². The molecule has 27 heavy (non-hydrogen) atoms. The molecule has 3 rings (SSSR count). The summed E-state index contributed by atoms with van der Waals surface area (Å²) in [5, 5.41) is 11.6. The highest BCUT2D eigenvalue weighted by Gasteiger charge is 2.50. The zero-order chi connectivity index (χ0) is 19.8. The first-order valence-corrected chi connectivity index (χ1v) is 8.83. The maximum absolute atomic E-state index is 12.9. The van der Waals surface area contributed by atoms with Gasteiger partial charge in [0.25, 0.3) is 5.91 Å². The van der Waals surface area contributed by atoms with E-state index in [1.54, 1.807) is 31.2 Å². The normalized spacial score (nSPS) is 18.4. The smallest absolute Gasteiger partial charge is 0.264 e. The second kappa shape index (κ2) is 7.21. The number of ether oxygens (including phenoxy) is 2. The van der Waals surface area contributed by atoms with Crippen LogP contribution < -0.4 is 14.4 Å². The molecule has 0 saturated heterocycles. The number of amides is 1. The fraction of sp³-hybridized carbons (Fsp3) is 0.300. The summed E-state index contributed by atoms with van der Waals surface area (Å²) in [5.41, 5.74) is -0.738. The van der Waals surface area contributed by atoms with Crippen LogP contribution in [0.15, 0.2) is 36.4 Å². The molecule has 7 heteroatoms. The van der Waals surface area contributed by atoms with Crippen molar-refractivity contribution in [1.82, 2.24) is 0 Å². The molecule has 1 N–H and O–H groups in total. The summed E-state index contributed by atoms with van der Waals surface area (Å²) in [6, 6.07) is 9.57. The van der Waals surface area contributed by atoms with E-state index in [4.69, 9.17) is 21.1 Å². The Hall–Kier alpha value is -2.57. The van der Waals surface area contributed by atoms with Crippen LogP contribution in [0.25, 0.3) is 0 Å². The molecule has 2 aromatic carbocycles. The number of hydrogen-bond donors (Lipinski definition) is 1. The van der Waals surface area contributed by atoms with Gasteiger partial charge in [0.1, 0.15) is 0 Å². The second-order valence-corrected chi connectivity index (χ2v) is 6.68. The number of nitrogens with zero attached hydrogens (tertiary/aromatic N) is 1. The van der Waals surface area contributed by atoms with E-state index >= 15 is 0 Å². The summed E-state index contributed by atoms with van der Waals surface area (Å²) in [4.78, 5) is 27.2. The number of aliphatic hydroxyl groups is 1. The highest BCUT2D eigenvalue weighted by atomic mass is 35.5. The largest absolute Gasteiger partial charge is 0.493 e. The Morgan fingerprint density at radius 3 is 2.48 bits per heavy atom. The van der Waals surface area contributed by atoms with Crippen molar-refractivity contribution in [3.63, 3.8) is 0 Å². The highest BCUT2D eigenvalue weighted by Crippen LogP contribution is 2.44. The number of hydrogen-bond acceptors (Lipinski definition) is 5. The van der Waals surface area contributed by atoms with Crippen LogP contribution in [-0.4, -0.2) is 37.6 Å². The lowest BCUT2D eigenvalue weighted by Gasteiger charge is -2.22. The van der Waals surface area contributed by atoms with Gasteiger partial charge in [-0.3, -0.25) is 9.59 Å². The van der Waals surface area contributed by atoms with Gasteiger partial charge < -0.3 is 19.5 Å². The molecule has 0 aromatic heterocycles. The van der Waals surface area contributed by atoms with Crippen molar-refractivity contribution in [2.75, 3.05) is 25.7 Å². The van der Waals surface area contributed by atoms with Crippen molar-refractivity contribution in [2.24, 2.45) is 0 Å². The van der Waals surface area contributed by atoms with E-state index < -0.39 is 23.7 Å². The number of benzene rings is 2. The average molecular weight is 390 g/mol. The third-order valence-corrected chi connectivity index (χ3v) is 4.97. The quantitative estimate of drug-likeness (QED) is 0.768. The monoisotopic (exact) mass is 389 g/mol. The summed E-state index contributed by atoms with van der Waals surface area (Å²) in [6.45, 7) is 2.18. The molecular formula is C20H20ClNO5. The van der Waals surface area contributed by atoms with E-state index in [1.165, 1.54) is 31.3 Å². The van der Waals surface area contributed by atoms with E-state index in [0.717, 1.165) is 0 Å². The number of rotatable bonds is 6. The SMILES string of the molecule is CCN1C(=O)C(O)(CC(=O)c2ccc(OC)c(OC)c2)c2cc(Cl)ccc21. The van der Waals surface area contributed by atoms with Crippen molar-refractivity contribution in [2.45, 2.75) is 18.9 Å². The third-order valence-electron chi connectivity index (χ3n) is 4.73. The third kappa shape index (κ3) is 3.15. The minimum absolute atomic E-state index is 0.312. The maximum Gasteiger partial charge on any atom is 0.264 e. The van der Waals surface area contributed by atoms with Crippen molar-refractivity contribution < 1.29 is 24.2 Å². The highest BCUT2D eigenvalue weighted by molar-refractivity contribution is 6.31. The predicted octanol–water partition coefficient (Wildman–Crippen LogP) is 3.18. The molecular weight excluding hydrogens is 370 g/mol. The molecule has 1 aliphatic rings. The molecule has 0 spiro atoms. The van der Waals surface area contributed by atoms with Crippen LogP contribution in [0, 0.1) is 0 Å². The van der Waals surface area contributed by atoms with Crippen molar-refractivity contribution >= 4 is 29.0 Å². The number of Topliss-reactive ketones (excluding diaryl/α,β-unsaturated/α-hetero) is 1. The van der Waals surface area contributed by atoms with E-state index in [-0.39, 0.29) is 0 Å². The molecule has 0 bridgehead atoms. The van der Waals surface area contributed by atoms with Crippen molar-refractivity contribution in [1.29, 1.82) is 0 Å². The molecule has 2 aromatic rings. The number of likely N-dealkylation sites (N-methyl/N-ethyl adjacent to an activating group) is 1. The van der Waals surface area contributed by atoms with E-state index in [1.807, 2.05) is 0 Å². The zero-order valence-electron chi connectivity index (χ0n) is 15.3. The first-order valence-electron chi connectivity index (χ1n) is 8.45. The van der Waals surface area contributed by atoms with Crippen LogP contribution in [0.2, 0.25) is 5.02 Å². The Labute approximate surface area is 162 Å². The predicted molar refractivity (Wildman–Crippen MR) is 102 cm³/mol. The first kappa shape index (κ1) is 19.2. The number of carbonyl (C=O) groups excluding carboxylic acids is 2. The van der Waals surface area contributed by atoms with Crippen LogP contribution in [0.3, 0.4) is 0 Å². The number of anilines is 1. The van der Waals surface area contributed by atoms with Crippen molar-refractivity contribution in [3.8, 4) is 11.5 Å². The number of carbonyl (C=O) groups is 2. The van der Waals surface area contributed by atoms with Gasteiger partial charge in [-0.25, -0.2) is 0 Å². The molecule has 1 unspecified atom stereocenters. The lowest BCUT2D eigenvalue weighted by Crippen LogP contribution is -2.41. The van der Waals surface area contributed by atoms with Gasteiger partial charge in [0.15, 0.2) is 22.9 Å². The Morgan fingerprint density at radius 1 is 1.15 bits per heavy atom. The Balaban J connectivity index is 1.98. The number of methoxy groups -OCH3 is 2. The van der Waals surface area contributed by atoms with Gasteiger partial charge in [-0.05, 0) is 43.3 Å². The Morgan fingerprint density at radius 2 is 1.85 bits per heavy atom. The van der Waals surface area contributed by atoms with Crippen LogP contribution in [-0.2, 0) is 10.4 Å². The van der Waals surface area contributed by atoms with E-state index in [2.05, 4.69) is 0 Å². The van der Waals surface area contributed by atoms with Gasteiger partial charge in [0.2, 0.25) is 0 Å². The van der Waals surface area contributed by atoms with Crippen LogP contribution in [0.5, 0.6) is 11.5 Å². The summed E-state index contributed by atoms with van der Waals surface area (Å²) in [7, 11) is 2.97. The maximum atomic E-state index is 12.9. The number of fused-ring (bicyclic) bond motifs is 1.